The first-order valence-electron chi connectivity index (χ1n) is 5.68. The molecule has 3 atom stereocenters. The van der Waals surface area contributed by atoms with Gasteiger partial charge in [-0.2, -0.15) is 0 Å². The lowest BCUT2D eigenvalue weighted by atomic mass is 9.74. The Bertz CT molecular complexity index is 437. The first-order chi connectivity index (χ1) is 8.55. The van der Waals surface area contributed by atoms with E-state index in [1.807, 2.05) is 0 Å². The molecule has 2 aliphatic rings. The van der Waals surface area contributed by atoms with Gasteiger partial charge in [-0.05, 0) is 12.5 Å². The molecule has 98 valence electrons. The maximum absolute atomic E-state index is 12.2. The zero-order valence-corrected chi connectivity index (χ0v) is 10.1. The molecule has 2 rings (SSSR count). The van der Waals surface area contributed by atoms with Crippen LogP contribution in [0.25, 0.3) is 0 Å². The second-order valence-corrected chi connectivity index (χ2v) is 4.44. The van der Waals surface area contributed by atoms with Crippen LogP contribution in [0, 0.1) is 5.92 Å². The molecule has 0 bridgehead atoms. The van der Waals surface area contributed by atoms with Gasteiger partial charge < -0.3 is 19.7 Å². The van der Waals surface area contributed by atoms with Crippen LogP contribution < -0.4 is 0 Å². The summed E-state index contributed by atoms with van der Waals surface area (Å²) in [6.45, 7) is 3.62. The topological polar surface area (TPSA) is 76.0 Å². The maximum atomic E-state index is 12.2. The molecular weight excluding hydrogens is 236 g/mol. The molecule has 3 unspecified atom stereocenters. The summed E-state index contributed by atoms with van der Waals surface area (Å²) in [5.74, 6) is -0.882. The number of ether oxygens (including phenoxy) is 2. The number of carbonyl (C=O) groups is 1. The van der Waals surface area contributed by atoms with Gasteiger partial charge in [-0.3, -0.25) is 4.79 Å². The number of hydrogen-bond acceptors (Lipinski definition) is 5. The van der Waals surface area contributed by atoms with Crippen molar-refractivity contribution in [3.63, 3.8) is 0 Å². The largest absolute Gasteiger partial charge is 0.465 e. The molecule has 0 spiro atoms. The van der Waals surface area contributed by atoms with E-state index in [0.29, 0.717) is 6.42 Å². The molecule has 0 aromatic carbocycles. The van der Waals surface area contributed by atoms with E-state index in [9.17, 15) is 15.0 Å². The molecule has 2 N–H and O–H groups in total. The van der Waals surface area contributed by atoms with Gasteiger partial charge in [0.05, 0.1) is 18.4 Å². The van der Waals surface area contributed by atoms with E-state index < -0.39 is 17.5 Å². The molecule has 0 saturated carbocycles. The highest BCUT2D eigenvalue weighted by atomic mass is 16.5. The Hall–Kier alpha value is -1.43. The van der Waals surface area contributed by atoms with Crippen molar-refractivity contribution in [2.45, 2.75) is 18.1 Å². The highest BCUT2D eigenvalue weighted by molar-refractivity contribution is 6.05. The van der Waals surface area contributed by atoms with Gasteiger partial charge in [0.1, 0.15) is 11.9 Å². The van der Waals surface area contributed by atoms with Crippen molar-refractivity contribution < 1.29 is 24.5 Å². The fraction of sp³-hybridized carbons (Fsp3) is 0.462. The van der Waals surface area contributed by atoms with E-state index in [2.05, 4.69) is 6.58 Å². The highest BCUT2D eigenvalue weighted by Gasteiger charge is 2.55. The molecule has 18 heavy (non-hydrogen) atoms. The summed E-state index contributed by atoms with van der Waals surface area (Å²) in [4.78, 5) is 12.2. The SMILES string of the molecule is C=CC1CC=C2OC=C(COC)C(=O)C2(O)C1O. The maximum Gasteiger partial charge on any atom is 0.211 e. The number of carbonyl (C=O) groups excluding carboxylic acids is 1. The third-order valence-electron chi connectivity index (χ3n) is 3.35. The predicted octanol–water partition coefficient (Wildman–Crippen LogP) is 0.298. The Morgan fingerprint density at radius 3 is 3.06 bits per heavy atom. The lowest BCUT2D eigenvalue weighted by Gasteiger charge is -2.41. The molecule has 1 heterocycles. The van der Waals surface area contributed by atoms with Crippen LogP contribution >= 0.6 is 0 Å². The minimum Gasteiger partial charge on any atom is -0.465 e. The average Bonchev–Trinajstić information content (AvgIpc) is 2.37. The summed E-state index contributed by atoms with van der Waals surface area (Å²) in [6, 6.07) is 0. The van der Waals surface area contributed by atoms with E-state index in [1.165, 1.54) is 19.4 Å². The fourth-order valence-electron chi connectivity index (χ4n) is 2.28. The van der Waals surface area contributed by atoms with Gasteiger partial charge in [0, 0.05) is 13.0 Å². The lowest BCUT2D eigenvalue weighted by molar-refractivity contribution is -0.153. The van der Waals surface area contributed by atoms with Crippen molar-refractivity contribution in [1.82, 2.24) is 0 Å². The van der Waals surface area contributed by atoms with Crippen LogP contribution in [-0.4, -0.2) is 41.4 Å². The van der Waals surface area contributed by atoms with E-state index in [4.69, 9.17) is 9.47 Å². The number of aliphatic hydroxyl groups excluding tert-OH is 1. The zero-order valence-electron chi connectivity index (χ0n) is 10.1. The number of aliphatic hydroxyl groups is 2. The van der Waals surface area contributed by atoms with E-state index in [-0.39, 0.29) is 23.9 Å². The quantitative estimate of drug-likeness (QED) is 0.706. The summed E-state index contributed by atoms with van der Waals surface area (Å²) in [5, 5.41) is 20.6. The third kappa shape index (κ3) is 1.71. The molecule has 0 radical (unpaired) electrons. The van der Waals surface area contributed by atoms with Gasteiger partial charge in [-0.15, -0.1) is 6.58 Å². The number of allylic oxidation sites excluding steroid dienone is 1. The monoisotopic (exact) mass is 252 g/mol. The van der Waals surface area contributed by atoms with Gasteiger partial charge in [0.15, 0.2) is 0 Å². The molecule has 0 amide bonds. The Morgan fingerprint density at radius 2 is 2.44 bits per heavy atom. The lowest BCUT2D eigenvalue weighted by Crippen LogP contribution is -2.58. The second-order valence-electron chi connectivity index (χ2n) is 4.44. The van der Waals surface area contributed by atoms with Crippen molar-refractivity contribution in [3.05, 3.63) is 36.3 Å². The van der Waals surface area contributed by atoms with Crippen LogP contribution in [0.5, 0.6) is 0 Å². The molecule has 0 saturated heterocycles. The first-order valence-corrected chi connectivity index (χ1v) is 5.68. The van der Waals surface area contributed by atoms with Crippen LogP contribution in [0.2, 0.25) is 0 Å². The second kappa shape index (κ2) is 4.68. The Balaban J connectivity index is 2.41. The molecule has 0 aromatic heterocycles. The minimum absolute atomic E-state index is 0.0277. The molecule has 1 aliphatic heterocycles. The number of ketones is 1. The van der Waals surface area contributed by atoms with Crippen molar-refractivity contribution >= 4 is 5.78 Å². The molecule has 1 aliphatic carbocycles. The predicted molar refractivity (Wildman–Crippen MR) is 63.4 cm³/mol. The van der Waals surface area contributed by atoms with Gasteiger partial charge in [0.25, 0.3) is 0 Å². The third-order valence-corrected chi connectivity index (χ3v) is 3.35. The summed E-state index contributed by atoms with van der Waals surface area (Å²) < 4.78 is 10.1. The van der Waals surface area contributed by atoms with Crippen LogP contribution in [0.4, 0.5) is 0 Å². The standard InChI is InChI=1S/C13H16O5/c1-3-8-4-5-10-13(16,11(8)14)12(15)9(6-17-2)7-18-10/h3,5,7-8,11,14,16H,1,4,6H2,2H3. The van der Waals surface area contributed by atoms with E-state index in [0.717, 1.165) is 0 Å². The van der Waals surface area contributed by atoms with Crippen LogP contribution in [-0.2, 0) is 14.3 Å². The summed E-state index contributed by atoms with van der Waals surface area (Å²) >= 11 is 0. The van der Waals surface area contributed by atoms with Gasteiger partial charge >= 0.3 is 0 Å². The zero-order chi connectivity index (χ0) is 13.3. The van der Waals surface area contributed by atoms with E-state index >= 15 is 0 Å². The van der Waals surface area contributed by atoms with Crippen molar-refractivity contribution in [2.75, 3.05) is 13.7 Å². The summed E-state index contributed by atoms with van der Waals surface area (Å²) in [5.41, 5.74) is -1.83. The molecule has 0 fully saturated rings. The van der Waals surface area contributed by atoms with Gasteiger partial charge in [0.2, 0.25) is 11.4 Å². The average molecular weight is 252 g/mol. The fourth-order valence-corrected chi connectivity index (χ4v) is 2.28. The smallest absolute Gasteiger partial charge is 0.211 e. The van der Waals surface area contributed by atoms with Crippen LogP contribution in [0.1, 0.15) is 6.42 Å². The number of rotatable bonds is 3. The molecule has 5 heteroatoms. The number of fused-ring (bicyclic) bond motifs is 1. The molecule has 0 aromatic rings. The first kappa shape index (κ1) is 13.0. The van der Waals surface area contributed by atoms with Gasteiger partial charge in [-0.1, -0.05) is 6.08 Å². The normalized spacial score (nSPS) is 35.2. The Kier molecular flexibility index (Phi) is 3.38. The summed E-state index contributed by atoms with van der Waals surface area (Å²) in [6.07, 6.45) is 3.60. The van der Waals surface area contributed by atoms with E-state index in [1.54, 1.807) is 6.08 Å². The van der Waals surface area contributed by atoms with Crippen LogP contribution in [0.3, 0.4) is 0 Å². The number of Topliss-reactive ketones (excluding diaryl/α,β-unsaturated/α-hetero) is 1. The highest BCUT2D eigenvalue weighted by Crippen LogP contribution is 2.39. The van der Waals surface area contributed by atoms with Crippen molar-refractivity contribution in [2.24, 2.45) is 5.92 Å². The number of hydrogen-bond donors (Lipinski definition) is 2. The van der Waals surface area contributed by atoms with Crippen molar-refractivity contribution in [1.29, 1.82) is 0 Å². The molecular formula is C13H16O5. The number of methoxy groups -OCH3 is 1. The molecule has 5 nitrogen and oxygen atoms in total. The summed E-state index contributed by atoms with van der Waals surface area (Å²) in [7, 11) is 1.44. The minimum atomic E-state index is -2.03. The van der Waals surface area contributed by atoms with Crippen LogP contribution in [0.15, 0.2) is 36.3 Å². The Morgan fingerprint density at radius 1 is 1.72 bits per heavy atom. The Labute approximate surface area is 105 Å². The van der Waals surface area contributed by atoms with Gasteiger partial charge in [-0.25, -0.2) is 0 Å². The van der Waals surface area contributed by atoms with Crippen molar-refractivity contribution in [3.8, 4) is 0 Å².